The van der Waals surface area contributed by atoms with Gasteiger partial charge < -0.3 is 4.74 Å². The summed E-state index contributed by atoms with van der Waals surface area (Å²) in [5.41, 5.74) is 3.12. The fourth-order valence-corrected chi connectivity index (χ4v) is 2.92. The minimum atomic E-state index is -0.369. The lowest BCUT2D eigenvalue weighted by atomic mass is 10.0. The Morgan fingerprint density at radius 1 is 1.12 bits per heavy atom. The molecule has 128 valence electrons. The van der Waals surface area contributed by atoms with Gasteiger partial charge in [-0.2, -0.15) is 4.98 Å². The van der Waals surface area contributed by atoms with Crippen LogP contribution < -0.4 is 10.4 Å². The van der Waals surface area contributed by atoms with Crippen molar-refractivity contribution >= 4 is 16.9 Å². The lowest BCUT2D eigenvalue weighted by Crippen LogP contribution is -2.25. The van der Waals surface area contributed by atoms with Crippen LogP contribution in [0.15, 0.2) is 47.3 Å². The first-order valence-electron chi connectivity index (χ1n) is 8.18. The van der Waals surface area contributed by atoms with E-state index in [9.17, 15) is 9.59 Å². The van der Waals surface area contributed by atoms with Crippen molar-refractivity contribution in [3.8, 4) is 17.0 Å². The van der Waals surface area contributed by atoms with Gasteiger partial charge in [0.05, 0.1) is 11.2 Å². The number of benzene rings is 2. The number of nitrogens with zero attached hydrogens (tertiary/aromatic N) is 2. The second-order valence-electron chi connectivity index (χ2n) is 6.35. The SMILES string of the molecule is CC(=O)Oc1ccc(-c2nc(=O)n(C(C)C)c3cc(C)ccc23)cc1. The van der Waals surface area contributed by atoms with Gasteiger partial charge in [-0.05, 0) is 56.7 Å². The highest BCUT2D eigenvalue weighted by Crippen LogP contribution is 2.28. The summed E-state index contributed by atoms with van der Waals surface area (Å²) in [6.07, 6.45) is 0. The number of aryl methyl sites for hydroxylation is 1. The summed E-state index contributed by atoms with van der Waals surface area (Å²) in [4.78, 5) is 27.9. The molecule has 0 spiro atoms. The van der Waals surface area contributed by atoms with Gasteiger partial charge in [-0.25, -0.2) is 4.79 Å². The van der Waals surface area contributed by atoms with Crippen LogP contribution in [0.3, 0.4) is 0 Å². The molecule has 0 bridgehead atoms. The topological polar surface area (TPSA) is 61.2 Å². The normalized spacial score (nSPS) is 11.1. The Morgan fingerprint density at radius 3 is 2.40 bits per heavy atom. The Labute approximate surface area is 145 Å². The molecule has 0 aliphatic rings. The summed E-state index contributed by atoms with van der Waals surface area (Å²) in [5.74, 6) is 0.0956. The fourth-order valence-electron chi connectivity index (χ4n) is 2.92. The van der Waals surface area contributed by atoms with Gasteiger partial charge in [0.15, 0.2) is 0 Å². The van der Waals surface area contributed by atoms with Crippen LogP contribution in [0.4, 0.5) is 0 Å². The lowest BCUT2D eigenvalue weighted by molar-refractivity contribution is -0.131. The lowest BCUT2D eigenvalue weighted by Gasteiger charge is -2.16. The third-order valence-corrected chi connectivity index (χ3v) is 3.99. The van der Waals surface area contributed by atoms with Gasteiger partial charge in [0.2, 0.25) is 0 Å². The first-order chi connectivity index (χ1) is 11.9. The molecule has 0 aliphatic heterocycles. The van der Waals surface area contributed by atoms with E-state index < -0.39 is 0 Å². The van der Waals surface area contributed by atoms with Crippen LogP contribution in [-0.2, 0) is 4.79 Å². The first-order valence-corrected chi connectivity index (χ1v) is 8.18. The van der Waals surface area contributed by atoms with Crippen LogP contribution in [0.25, 0.3) is 22.2 Å². The molecule has 1 aromatic heterocycles. The highest BCUT2D eigenvalue weighted by Gasteiger charge is 2.14. The molecule has 0 unspecified atom stereocenters. The summed E-state index contributed by atoms with van der Waals surface area (Å²) in [6, 6.07) is 13.0. The standard InChI is InChI=1S/C20H20N2O3/c1-12(2)22-18-11-13(3)5-10-17(18)19(21-20(22)24)15-6-8-16(9-7-15)25-14(4)23/h5-12H,1-4H3. The molecule has 5 nitrogen and oxygen atoms in total. The van der Waals surface area contributed by atoms with Gasteiger partial charge in [0.25, 0.3) is 0 Å². The Morgan fingerprint density at radius 2 is 1.80 bits per heavy atom. The summed E-state index contributed by atoms with van der Waals surface area (Å²) < 4.78 is 6.76. The molecule has 0 amide bonds. The van der Waals surface area contributed by atoms with Crippen molar-refractivity contribution in [3.05, 3.63) is 58.5 Å². The number of esters is 1. The summed E-state index contributed by atoms with van der Waals surface area (Å²) in [7, 11) is 0. The van der Waals surface area contributed by atoms with E-state index >= 15 is 0 Å². The predicted molar refractivity (Wildman–Crippen MR) is 97.9 cm³/mol. The monoisotopic (exact) mass is 336 g/mol. The Kier molecular flexibility index (Phi) is 4.40. The minimum absolute atomic E-state index is 0.0182. The van der Waals surface area contributed by atoms with E-state index in [1.165, 1.54) is 6.92 Å². The van der Waals surface area contributed by atoms with Gasteiger partial charge in [0, 0.05) is 23.9 Å². The number of hydrogen-bond acceptors (Lipinski definition) is 4. The number of rotatable bonds is 3. The van der Waals surface area contributed by atoms with Crippen molar-refractivity contribution in [1.29, 1.82) is 0 Å². The molecule has 25 heavy (non-hydrogen) atoms. The summed E-state index contributed by atoms with van der Waals surface area (Å²) in [5, 5.41) is 0.916. The van der Waals surface area contributed by atoms with Crippen LogP contribution in [0.1, 0.15) is 32.4 Å². The number of fused-ring (bicyclic) bond motifs is 1. The highest BCUT2D eigenvalue weighted by atomic mass is 16.5. The van der Waals surface area contributed by atoms with E-state index in [1.807, 2.05) is 39.0 Å². The second-order valence-corrected chi connectivity index (χ2v) is 6.35. The number of ether oxygens (including phenoxy) is 1. The summed E-state index contributed by atoms with van der Waals surface area (Å²) >= 11 is 0. The zero-order chi connectivity index (χ0) is 18.1. The van der Waals surface area contributed by atoms with Crippen LogP contribution in [0, 0.1) is 6.92 Å². The molecular weight excluding hydrogens is 316 g/mol. The van der Waals surface area contributed by atoms with Crippen molar-refractivity contribution in [3.63, 3.8) is 0 Å². The number of aromatic nitrogens is 2. The van der Waals surface area contributed by atoms with Crippen molar-refractivity contribution in [1.82, 2.24) is 9.55 Å². The van der Waals surface area contributed by atoms with E-state index in [4.69, 9.17) is 4.74 Å². The zero-order valence-electron chi connectivity index (χ0n) is 14.7. The number of hydrogen-bond donors (Lipinski definition) is 0. The molecule has 0 N–H and O–H groups in total. The van der Waals surface area contributed by atoms with Gasteiger partial charge >= 0.3 is 11.7 Å². The Balaban J connectivity index is 2.22. The molecule has 2 aromatic carbocycles. The van der Waals surface area contributed by atoms with Gasteiger partial charge in [-0.1, -0.05) is 12.1 Å². The van der Waals surface area contributed by atoms with Crippen molar-refractivity contribution in [2.24, 2.45) is 0 Å². The largest absolute Gasteiger partial charge is 0.427 e. The smallest absolute Gasteiger partial charge is 0.348 e. The van der Waals surface area contributed by atoms with Gasteiger partial charge in [-0.15, -0.1) is 0 Å². The summed E-state index contributed by atoms with van der Waals surface area (Å²) in [6.45, 7) is 7.30. The van der Waals surface area contributed by atoms with E-state index in [-0.39, 0.29) is 17.7 Å². The van der Waals surface area contributed by atoms with E-state index in [2.05, 4.69) is 4.98 Å². The first kappa shape index (κ1) is 16.9. The number of carbonyl (C=O) groups is 1. The fraction of sp³-hybridized carbons (Fsp3) is 0.250. The zero-order valence-corrected chi connectivity index (χ0v) is 14.7. The molecule has 0 fully saturated rings. The maximum absolute atomic E-state index is 12.6. The van der Waals surface area contributed by atoms with Gasteiger partial charge in [-0.3, -0.25) is 9.36 Å². The van der Waals surface area contributed by atoms with E-state index in [0.717, 1.165) is 22.0 Å². The minimum Gasteiger partial charge on any atom is -0.427 e. The van der Waals surface area contributed by atoms with E-state index in [0.29, 0.717) is 11.4 Å². The molecule has 3 rings (SSSR count). The van der Waals surface area contributed by atoms with Crippen molar-refractivity contribution < 1.29 is 9.53 Å². The van der Waals surface area contributed by atoms with Crippen molar-refractivity contribution in [2.75, 3.05) is 0 Å². The molecule has 0 saturated carbocycles. The average molecular weight is 336 g/mol. The van der Waals surface area contributed by atoms with E-state index in [1.54, 1.807) is 28.8 Å². The molecule has 0 aliphatic carbocycles. The number of carbonyl (C=O) groups excluding carboxylic acids is 1. The van der Waals surface area contributed by atoms with Crippen LogP contribution in [0.5, 0.6) is 5.75 Å². The molecule has 5 heteroatoms. The third kappa shape index (κ3) is 3.31. The third-order valence-electron chi connectivity index (χ3n) is 3.99. The Hall–Kier alpha value is -2.95. The average Bonchev–Trinajstić information content (AvgIpc) is 2.53. The molecule has 3 aromatic rings. The van der Waals surface area contributed by atoms with Crippen LogP contribution >= 0.6 is 0 Å². The molecule has 0 atom stereocenters. The van der Waals surface area contributed by atoms with Crippen molar-refractivity contribution in [2.45, 2.75) is 33.7 Å². The highest BCUT2D eigenvalue weighted by molar-refractivity contribution is 5.93. The Bertz CT molecular complexity index is 1000. The maximum atomic E-state index is 12.6. The predicted octanol–water partition coefficient (Wildman–Crippen LogP) is 3.88. The van der Waals surface area contributed by atoms with Crippen LogP contribution in [-0.4, -0.2) is 15.5 Å². The molecular formula is C20H20N2O3. The quantitative estimate of drug-likeness (QED) is 0.538. The maximum Gasteiger partial charge on any atom is 0.348 e. The van der Waals surface area contributed by atoms with Gasteiger partial charge in [0.1, 0.15) is 5.75 Å². The molecule has 1 heterocycles. The van der Waals surface area contributed by atoms with Crippen LogP contribution in [0.2, 0.25) is 0 Å². The molecule has 0 saturated heterocycles. The second kappa shape index (κ2) is 6.51. The molecule has 0 radical (unpaired) electrons.